The minimum atomic E-state index is -2.03. The molecule has 0 aliphatic rings. The predicted octanol–water partition coefficient (Wildman–Crippen LogP) is 0.844. The van der Waals surface area contributed by atoms with Gasteiger partial charge in [0.2, 0.25) is 0 Å². The molecule has 0 aliphatic heterocycles. The number of benzene rings is 1. The van der Waals surface area contributed by atoms with Crippen LogP contribution in [0.2, 0.25) is 0 Å². The number of aliphatic carboxylic acids is 1. The van der Waals surface area contributed by atoms with Crippen LogP contribution in [-0.4, -0.2) is 26.9 Å². The maximum Gasteiger partial charge on any atom is 0.337 e. The lowest BCUT2D eigenvalue weighted by atomic mass is 9.96. The lowest BCUT2D eigenvalue weighted by Crippen LogP contribution is -2.16. The van der Waals surface area contributed by atoms with Crippen molar-refractivity contribution >= 4 is 17.4 Å². The van der Waals surface area contributed by atoms with Gasteiger partial charge in [-0.3, -0.25) is 14.9 Å². The molecule has 0 saturated carbocycles. The van der Waals surface area contributed by atoms with Gasteiger partial charge in [-0.15, -0.1) is 0 Å². The molecule has 0 spiro atoms. The second-order valence-electron chi connectivity index (χ2n) is 3.73. The molecule has 0 heterocycles. The number of carbonyl (C=O) groups is 2. The van der Waals surface area contributed by atoms with Gasteiger partial charge in [0.05, 0.1) is 10.5 Å². The fourth-order valence-corrected chi connectivity index (χ4v) is 1.62. The van der Waals surface area contributed by atoms with E-state index in [0.717, 1.165) is 6.07 Å². The van der Waals surface area contributed by atoms with Crippen LogP contribution in [0.15, 0.2) is 18.2 Å². The third-order valence-corrected chi connectivity index (χ3v) is 2.32. The smallest absolute Gasteiger partial charge is 0.337 e. The summed E-state index contributed by atoms with van der Waals surface area (Å²) in [7, 11) is 0. The molecule has 1 aromatic carbocycles. The van der Waals surface area contributed by atoms with Crippen LogP contribution in [0.25, 0.3) is 0 Å². The number of nitrogens with zero attached hydrogens (tertiary/aromatic N) is 1. The number of aliphatic hydroxyl groups excluding tert-OH is 1. The van der Waals surface area contributed by atoms with E-state index in [4.69, 9.17) is 5.11 Å². The van der Waals surface area contributed by atoms with Crippen molar-refractivity contribution in [3.05, 3.63) is 39.4 Å². The monoisotopic (exact) mass is 253 g/mol. The first-order valence-electron chi connectivity index (χ1n) is 5.01. The highest BCUT2D eigenvalue weighted by Crippen LogP contribution is 2.29. The lowest BCUT2D eigenvalue weighted by molar-refractivity contribution is -0.386. The van der Waals surface area contributed by atoms with Crippen molar-refractivity contribution in [1.82, 2.24) is 0 Å². The van der Waals surface area contributed by atoms with Gasteiger partial charge in [-0.25, -0.2) is 4.79 Å². The van der Waals surface area contributed by atoms with Crippen molar-refractivity contribution in [3.8, 4) is 0 Å². The summed E-state index contributed by atoms with van der Waals surface area (Å²) in [6, 6.07) is 3.81. The van der Waals surface area contributed by atoms with Crippen LogP contribution in [0.3, 0.4) is 0 Å². The van der Waals surface area contributed by atoms with Crippen LogP contribution < -0.4 is 0 Å². The van der Waals surface area contributed by atoms with Gasteiger partial charge in [-0.1, -0.05) is 12.1 Å². The summed E-state index contributed by atoms with van der Waals surface area (Å²) in [6.45, 7) is 1.27. The second kappa shape index (κ2) is 5.37. The Morgan fingerprint density at radius 3 is 2.50 bits per heavy atom. The lowest BCUT2D eigenvalue weighted by Gasteiger charge is -2.11. The highest BCUT2D eigenvalue weighted by Gasteiger charge is 2.28. The van der Waals surface area contributed by atoms with Crippen LogP contribution in [0.4, 0.5) is 5.69 Å². The maximum atomic E-state index is 11.0. The normalized spacial score (nSPS) is 11.9. The molecule has 0 fully saturated rings. The molecule has 7 nitrogen and oxygen atoms in total. The summed E-state index contributed by atoms with van der Waals surface area (Å²) >= 11 is 0. The number of nitro groups is 1. The zero-order valence-electron chi connectivity index (χ0n) is 9.49. The van der Waals surface area contributed by atoms with E-state index in [0.29, 0.717) is 0 Å². The minimum absolute atomic E-state index is 0.145. The number of nitro benzene ring substituents is 1. The average molecular weight is 253 g/mol. The van der Waals surface area contributed by atoms with Crippen molar-refractivity contribution in [1.29, 1.82) is 0 Å². The molecule has 1 unspecified atom stereocenters. The Bertz CT molecular complexity index is 510. The van der Waals surface area contributed by atoms with Crippen LogP contribution in [-0.2, 0) is 16.0 Å². The van der Waals surface area contributed by atoms with Gasteiger partial charge in [0, 0.05) is 12.5 Å². The van der Waals surface area contributed by atoms with E-state index >= 15 is 0 Å². The largest absolute Gasteiger partial charge is 0.479 e. The third-order valence-electron chi connectivity index (χ3n) is 2.32. The van der Waals surface area contributed by atoms with Crippen LogP contribution >= 0.6 is 0 Å². The first-order valence-corrected chi connectivity index (χ1v) is 5.01. The summed E-state index contributed by atoms with van der Waals surface area (Å²) in [4.78, 5) is 31.8. The average Bonchev–Trinajstić information content (AvgIpc) is 2.26. The van der Waals surface area contributed by atoms with Gasteiger partial charge in [-0.2, -0.15) is 0 Å². The predicted molar refractivity (Wildman–Crippen MR) is 60.1 cm³/mol. The molecule has 0 radical (unpaired) electrons. The van der Waals surface area contributed by atoms with Crippen LogP contribution in [0, 0.1) is 10.1 Å². The topological polar surface area (TPSA) is 118 Å². The SMILES string of the molecule is CC(=O)Cc1cccc([N+](=O)[O-])c1C(O)C(=O)O. The van der Waals surface area contributed by atoms with Crippen LogP contribution in [0.1, 0.15) is 24.2 Å². The first-order chi connectivity index (χ1) is 8.34. The molecule has 96 valence electrons. The molecule has 0 aromatic heterocycles. The minimum Gasteiger partial charge on any atom is -0.479 e. The van der Waals surface area contributed by atoms with E-state index < -0.39 is 22.7 Å². The van der Waals surface area contributed by atoms with E-state index in [1.165, 1.54) is 19.1 Å². The highest BCUT2D eigenvalue weighted by molar-refractivity contribution is 5.81. The molecule has 0 amide bonds. The van der Waals surface area contributed by atoms with E-state index in [1.807, 2.05) is 0 Å². The van der Waals surface area contributed by atoms with Gasteiger partial charge < -0.3 is 10.2 Å². The molecule has 18 heavy (non-hydrogen) atoms. The zero-order chi connectivity index (χ0) is 13.9. The van der Waals surface area contributed by atoms with Crippen molar-refractivity contribution < 1.29 is 24.7 Å². The number of aliphatic hydroxyl groups is 1. The van der Waals surface area contributed by atoms with E-state index in [1.54, 1.807) is 0 Å². The summed E-state index contributed by atoms with van der Waals surface area (Å²) in [5, 5.41) is 29.1. The third kappa shape index (κ3) is 2.89. The van der Waals surface area contributed by atoms with Crippen molar-refractivity contribution in [2.45, 2.75) is 19.4 Å². The fourth-order valence-electron chi connectivity index (χ4n) is 1.62. The highest BCUT2D eigenvalue weighted by atomic mass is 16.6. The number of hydrogen-bond acceptors (Lipinski definition) is 5. The molecular formula is C11H11NO6. The second-order valence-corrected chi connectivity index (χ2v) is 3.73. The Kier molecular flexibility index (Phi) is 4.11. The van der Waals surface area contributed by atoms with Crippen LogP contribution in [0.5, 0.6) is 0 Å². The molecule has 1 atom stereocenters. The van der Waals surface area contributed by atoms with Gasteiger partial charge in [0.1, 0.15) is 5.78 Å². The Morgan fingerprint density at radius 1 is 1.44 bits per heavy atom. The number of Topliss-reactive ketones (excluding diaryl/α,β-unsaturated/α-hetero) is 1. The molecule has 0 aliphatic carbocycles. The maximum absolute atomic E-state index is 11.0. The number of ketones is 1. The number of hydrogen-bond donors (Lipinski definition) is 2. The Balaban J connectivity index is 3.42. The molecule has 1 rings (SSSR count). The zero-order valence-corrected chi connectivity index (χ0v) is 9.49. The number of rotatable bonds is 5. The molecule has 0 bridgehead atoms. The van der Waals surface area contributed by atoms with Crippen molar-refractivity contribution in [2.24, 2.45) is 0 Å². The number of carboxylic acid groups (broad SMARTS) is 1. The standard InChI is InChI=1S/C11H11NO6/c1-6(13)5-7-3-2-4-8(12(17)18)9(7)10(14)11(15)16/h2-4,10,14H,5H2,1H3,(H,15,16). The van der Waals surface area contributed by atoms with E-state index in [-0.39, 0.29) is 23.3 Å². The summed E-state index contributed by atoms with van der Waals surface area (Å²) in [5.74, 6) is -1.89. The fraction of sp³-hybridized carbons (Fsp3) is 0.273. The van der Waals surface area contributed by atoms with Gasteiger partial charge in [-0.05, 0) is 12.5 Å². The molecule has 7 heteroatoms. The molecule has 1 aromatic rings. The number of carbonyl (C=O) groups excluding carboxylic acids is 1. The number of carboxylic acids is 1. The van der Waals surface area contributed by atoms with E-state index in [2.05, 4.69) is 0 Å². The van der Waals surface area contributed by atoms with E-state index in [9.17, 15) is 24.8 Å². The van der Waals surface area contributed by atoms with Gasteiger partial charge >= 0.3 is 5.97 Å². The Morgan fingerprint density at radius 2 is 2.06 bits per heavy atom. The summed E-state index contributed by atoms with van der Waals surface area (Å²) in [6.07, 6.45) is -2.19. The first kappa shape index (κ1) is 13.8. The molecular weight excluding hydrogens is 242 g/mol. The van der Waals surface area contributed by atoms with Crippen molar-refractivity contribution in [2.75, 3.05) is 0 Å². The summed E-state index contributed by atoms with van der Waals surface area (Å²) < 4.78 is 0. The summed E-state index contributed by atoms with van der Waals surface area (Å²) in [5.41, 5.74) is -0.708. The van der Waals surface area contributed by atoms with Crippen molar-refractivity contribution in [3.63, 3.8) is 0 Å². The Hall–Kier alpha value is -2.28. The Labute approximate surface area is 102 Å². The quantitative estimate of drug-likeness (QED) is 0.593. The molecule has 2 N–H and O–H groups in total. The van der Waals surface area contributed by atoms with Gasteiger partial charge in [0.15, 0.2) is 6.10 Å². The molecule has 0 saturated heterocycles. The van der Waals surface area contributed by atoms with Gasteiger partial charge in [0.25, 0.3) is 5.69 Å².